The molecule has 6 rings (SSSR count). The second-order valence-corrected chi connectivity index (χ2v) is 10.4. The van der Waals surface area contributed by atoms with Gasteiger partial charge in [-0.2, -0.15) is 0 Å². The molecule has 3 heteroatoms. The van der Waals surface area contributed by atoms with Crippen molar-refractivity contribution in [3.05, 3.63) is 121 Å². The van der Waals surface area contributed by atoms with E-state index < -0.39 is 11.0 Å². The summed E-state index contributed by atoms with van der Waals surface area (Å²) in [6.07, 6.45) is 4.20. The van der Waals surface area contributed by atoms with Gasteiger partial charge in [0.05, 0.1) is 11.5 Å². The summed E-state index contributed by atoms with van der Waals surface area (Å²) < 4.78 is 16.0. The van der Waals surface area contributed by atoms with E-state index in [-0.39, 0.29) is 6.04 Å². The molecule has 1 aliphatic carbocycles. The van der Waals surface area contributed by atoms with E-state index in [1.807, 2.05) is 60.7 Å². The number of aromatic nitrogens is 1. The summed E-state index contributed by atoms with van der Waals surface area (Å²) >= 11 is 0. The van der Waals surface area contributed by atoms with E-state index in [1.54, 1.807) is 0 Å². The SMILES string of the molecule is CCC[C@@H](n1c2ccccc2c2ccccc21)[C@@]1(C)C(Oc2ccccc2)=CC1(C)Oc1ccccc1. The summed E-state index contributed by atoms with van der Waals surface area (Å²) in [5.41, 5.74) is 1.50. The molecular weight excluding hydrogens is 454 g/mol. The van der Waals surface area contributed by atoms with Gasteiger partial charge in [-0.05, 0) is 62.7 Å². The second kappa shape index (κ2) is 9.15. The summed E-state index contributed by atoms with van der Waals surface area (Å²) in [5.74, 6) is 2.67. The van der Waals surface area contributed by atoms with Crippen molar-refractivity contribution < 1.29 is 9.47 Å². The minimum absolute atomic E-state index is 0.111. The van der Waals surface area contributed by atoms with Gasteiger partial charge < -0.3 is 14.0 Å². The molecule has 0 fully saturated rings. The lowest BCUT2D eigenvalue weighted by atomic mass is 9.58. The van der Waals surface area contributed by atoms with E-state index in [0.717, 1.165) is 30.1 Å². The Hall–Kier alpha value is -3.98. The molecule has 0 spiro atoms. The number of benzene rings is 4. The van der Waals surface area contributed by atoms with E-state index in [0.29, 0.717) is 0 Å². The number of para-hydroxylation sites is 4. The Kier molecular flexibility index (Phi) is 5.79. The van der Waals surface area contributed by atoms with E-state index in [1.165, 1.54) is 21.8 Å². The Morgan fingerprint density at radius 3 is 1.76 bits per heavy atom. The summed E-state index contributed by atoms with van der Waals surface area (Å²) in [4.78, 5) is 0. The zero-order valence-electron chi connectivity index (χ0n) is 21.7. The van der Waals surface area contributed by atoms with Gasteiger partial charge in [0.2, 0.25) is 0 Å². The van der Waals surface area contributed by atoms with Crippen molar-refractivity contribution in [2.24, 2.45) is 5.41 Å². The Labute approximate surface area is 219 Å². The van der Waals surface area contributed by atoms with E-state index in [2.05, 4.69) is 79.9 Å². The molecule has 186 valence electrons. The lowest BCUT2D eigenvalue weighted by Gasteiger charge is -2.56. The minimum Gasteiger partial charge on any atom is -0.482 e. The molecule has 0 N–H and O–H groups in total. The average Bonchev–Trinajstić information content (AvgIpc) is 3.26. The van der Waals surface area contributed by atoms with Gasteiger partial charge in [0.25, 0.3) is 0 Å². The first kappa shape index (κ1) is 23.4. The number of hydrogen-bond acceptors (Lipinski definition) is 2. The Morgan fingerprint density at radius 1 is 0.676 bits per heavy atom. The summed E-state index contributed by atoms with van der Waals surface area (Å²) in [5, 5.41) is 2.56. The molecule has 0 aliphatic heterocycles. The van der Waals surface area contributed by atoms with Crippen molar-refractivity contribution >= 4 is 21.8 Å². The highest BCUT2D eigenvalue weighted by Crippen LogP contribution is 2.60. The van der Waals surface area contributed by atoms with Gasteiger partial charge in [-0.15, -0.1) is 0 Å². The molecule has 5 aromatic rings. The van der Waals surface area contributed by atoms with Gasteiger partial charge in [0.15, 0.2) is 0 Å². The molecule has 0 saturated heterocycles. The van der Waals surface area contributed by atoms with Crippen LogP contribution >= 0.6 is 0 Å². The average molecular weight is 488 g/mol. The van der Waals surface area contributed by atoms with Gasteiger partial charge in [-0.1, -0.05) is 86.1 Å². The molecule has 0 radical (unpaired) electrons. The highest BCUT2D eigenvalue weighted by molar-refractivity contribution is 6.08. The lowest BCUT2D eigenvalue weighted by molar-refractivity contribution is -0.0647. The van der Waals surface area contributed by atoms with Gasteiger partial charge in [-0.25, -0.2) is 0 Å². The number of hydrogen-bond donors (Lipinski definition) is 0. The maximum Gasteiger partial charge on any atom is 0.142 e. The van der Waals surface area contributed by atoms with Crippen molar-refractivity contribution in [1.29, 1.82) is 0 Å². The predicted octanol–water partition coefficient (Wildman–Crippen LogP) is 8.96. The largest absolute Gasteiger partial charge is 0.482 e. The first-order valence-electron chi connectivity index (χ1n) is 13.2. The smallest absolute Gasteiger partial charge is 0.142 e. The molecule has 3 atom stereocenters. The van der Waals surface area contributed by atoms with Crippen molar-refractivity contribution in [3.63, 3.8) is 0 Å². The monoisotopic (exact) mass is 487 g/mol. The van der Waals surface area contributed by atoms with E-state index in [9.17, 15) is 0 Å². The van der Waals surface area contributed by atoms with Crippen molar-refractivity contribution in [1.82, 2.24) is 4.57 Å². The highest BCUT2D eigenvalue weighted by Gasteiger charge is 2.62. The van der Waals surface area contributed by atoms with Crippen LogP contribution in [0.5, 0.6) is 11.5 Å². The van der Waals surface area contributed by atoms with Crippen LogP contribution < -0.4 is 9.47 Å². The van der Waals surface area contributed by atoms with Gasteiger partial charge in [-0.3, -0.25) is 0 Å². The fraction of sp³-hybridized carbons (Fsp3) is 0.235. The second-order valence-electron chi connectivity index (χ2n) is 10.4. The van der Waals surface area contributed by atoms with Crippen molar-refractivity contribution in [2.45, 2.75) is 45.3 Å². The van der Waals surface area contributed by atoms with Crippen molar-refractivity contribution in [2.75, 3.05) is 0 Å². The summed E-state index contributed by atoms with van der Waals surface area (Å²) in [6.45, 7) is 6.78. The number of fused-ring (bicyclic) bond motifs is 3. The molecular formula is C34H33NO2. The molecule has 1 unspecified atom stereocenters. The van der Waals surface area contributed by atoms with Crippen LogP contribution in [0.15, 0.2) is 121 Å². The number of ether oxygens (including phenoxy) is 2. The standard InChI is InChI=1S/C34H33NO2/c1-4-15-31(35-29-22-13-11-20-27(29)28-21-12-14-23-30(28)35)34(3)32(36-25-16-7-5-8-17-25)24-33(34,2)37-26-18-9-6-10-19-26/h5-14,16-24,31H,4,15H2,1-3H3/t31-,33?,34+/m1/s1. The Morgan fingerprint density at radius 2 is 1.19 bits per heavy atom. The van der Waals surface area contributed by atoms with E-state index in [4.69, 9.17) is 9.47 Å². The quantitative estimate of drug-likeness (QED) is 0.218. The fourth-order valence-corrected chi connectivity index (χ4v) is 6.07. The molecule has 37 heavy (non-hydrogen) atoms. The van der Waals surface area contributed by atoms with Gasteiger partial charge in [0, 0.05) is 21.8 Å². The maximum absolute atomic E-state index is 6.80. The van der Waals surface area contributed by atoms with Crippen molar-refractivity contribution in [3.8, 4) is 11.5 Å². The van der Waals surface area contributed by atoms with Crippen LogP contribution in [0, 0.1) is 5.41 Å². The molecule has 1 heterocycles. The van der Waals surface area contributed by atoms with Crippen LogP contribution in [0.1, 0.15) is 39.7 Å². The molecule has 0 bridgehead atoms. The van der Waals surface area contributed by atoms with Crippen LogP contribution in [0.4, 0.5) is 0 Å². The lowest BCUT2D eigenvalue weighted by Crippen LogP contribution is -2.60. The normalized spacial score (nSPS) is 21.9. The Bertz CT molecular complexity index is 1520. The predicted molar refractivity (Wildman–Crippen MR) is 152 cm³/mol. The zero-order chi connectivity index (χ0) is 25.5. The highest BCUT2D eigenvalue weighted by atomic mass is 16.5. The summed E-state index contributed by atoms with van der Waals surface area (Å²) in [7, 11) is 0. The minimum atomic E-state index is -0.565. The molecule has 0 saturated carbocycles. The van der Waals surface area contributed by atoms with Crippen LogP contribution in [-0.2, 0) is 0 Å². The molecule has 0 amide bonds. The molecule has 4 aromatic carbocycles. The molecule has 3 nitrogen and oxygen atoms in total. The molecule has 1 aliphatic rings. The topological polar surface area (TPSA) is 23.4 Å². The zero-order valence-corrected chi connectivity index (χ0v) is 21.7. The molecule has 1 aromatic heterocycles. The van der Waals surface area contributed by atoms with Gasteiger partial charge >= 0.3 is 0 Å². The third-order valence-electron chi connectivity index (χ3n) is 8.15. The number of nitrogens with zero attached hydrogens (tertiary/aromatic N) is 1. The van der Waals surface area contributed by atoms with E-state index >= 15 is 0 Å². The maximum atomic E-state index is 6.80. The first-order chi connectivity index (χ1) is 18.0. The Balaban J connectivity index is 1.55. The number of rotatable bonds is 8. The van der Waals surface area contributed by atoms with Crippen LogP contribution in [0.25, 0.3) is 21.8 Å². The third kappa shape index (κ3) is 3.72. The summed E-state index contributed by atoms with van der Waals surface area (Å²) in [6, 6.07) is 37.8. The van der Waals surface area contributed by atoms with Gasteiger partial charge in [0.1, 0.15) is 22.9 Å². The van der Waals surface area contributed by atoms with Crippen LogP contribution in [0.3, 0.4) is 0 Å². The third-order valence-corrected chi connectivity index (χ3v) is 8.15. The fourth-order valence-electron chi connectivity index (χ4n) is 6.07. The van der Waals surface area contributed by atoms with Crippen LogP contribution in [-0.4, -0.2) is 10.2 Å². The van der Waals surface area contributed by atoms with Crippen LogP contribution in [0.2, 0.25) is 0 Å². The first-order valence-corrected chi connectivity index (χ1v) is 13.2.